The lowest BCUT2D eigenvalue weighted by molar-refractivity contribution is 0.735. The van der Waals surface area contributed by atoms with Gasteiger partial charge in [0, 0.05) is 4.88 Å². The summed E-state index contributed by atoms with van der Waals surface area (Å²) in [6, 6.07) is 4.36. The van der Waals surface area contributed by atoms with E-state index in [0.717, 1.165) is 0 Å². The molecule has 2 heteroatoms. The highest BCUT2D eigenvalue weighted by Gasteiger charge is 2.28. The number of thiophene rings is 1. The minimum Gasteiger partial charge on any atom is -0.147 e. The Morgan fingerprint density at radius 2 is 2.45 bits per heavy atom. The lowest BCUT2D eigenvalue weighted by Crippen LogP contribution is -2.10. The Morgan fingerprint density at radius 3 is 3.00 bits per heavy atom. The van der Waals surface area contributed by atoms with E-state index in [1.807, 2.05) is 23.1 Å². The molecule has 0 aromatic carbocycles. The lowest BCUT2D eigenvalue weighted by Gasteiger charge is -2.20. The number of rotatable bonds is 1. The van der Waals surface area contributed by atoms with E-state index in [9.17, 15) is 0 Å². The van der Waals surface area contributed by atoms with Crippen LogP contribution in [0.4, 0.5) is 0 Å². The third kappa shape index (κ3) is 1.25. The SMILES string of the molecule is CC1(c2cccs2)CC=CS1. The van der Waals surface area contributed by atoms with Crippen molar-refractivity contribution in [1.29, 1.82) is 0 Å². The number of allylic oxidation sites excluding steroid dienone is 1. The first kappa shape index (κ1) is 7.44. The lowest BCUT2D eigenvalue weighted by atomic mass is 10.1. The number of thioether (sulfide) groups is 1. The fourth-order valence-corrected chi connectivity index (χ4v) is 3.21. The second kappa shape index (κ2) is 2.68. The zero-order valence-corrected chi connectivity index (χ0v) is 8.04. The van der Waals surface area contributed by atoms with Crippen molar-refractivity contribution in [2.75, 3.05) is 0 Å². The molecule has 2 rings (SSSR count). The van der Waals surface area contributed by atoms with Crippen molar-refractivity contribution in [2.45, 2.75) is 18.1 Å². The first-order valence-corrected chi connectivity index (χ1v) is 5.44. The topological polar surface area (TPSA) is 0 Å². The van der Waals surface area contributed by atoms with Crippen LogP contribution in [-0.2, 0) is 4.75 Å². The maximum absolute atomic E-state index is 2.31. The van der Waals surface area contributed by atoms with Gasteiger partial charge < -0.3 is 0 Å². The fraction of sp³-hybridized carbons (Fsp3) is 0.333. The molecule has 0 amide bonds. The van der Waals surface area contributed by atoms with Crippen molar-refractivity contribution in [3.8, 4) is 0 Å². The zero-order valence-electron chi connectivity index (χ0n) is 6.41. The van der Waals surface area contributed by atoms with E-state index in [4.69, 9.17) is 0 Å². The van der Waals surface area contributed by atoms with Crippen LogP contribution in [0.5, 0.6) is 0 Å². The minimum atomic E-state index is 0.341. The highest BCUT2D eigenvalue weighted by atomic mass is 32.2. The van der Waals surface area contributed by atoms with Gasteiger partial charge in [0.25, 0.3) is 0 Å². The van der Waals surface area contributed by atoms with Gasteiger partial charge in [0.1, 0.15) is 0 Å². The number of hydrogen-bond donors (Lipinski definition) is 0. The first-order chi connectivity index (χ1) is 5.31. The van der Waals surface area contributed by atoms with Crippen molar-refractivity contribution >= 4 is 23.1 Å². The quantitative estimate of drug-likeness (QED) is 0.639. The van der Waals surface area contributed by atoms with Crippen LogP contribution < -0.4 is 0 Å². The van der Waals surface area contributed by atoms with Gasteiger partial charge in [0.05, 0.1) is 4.75 Å². The van der Waals surface area contributed by atoms with Gasteiger partial charge >= 0.3 is 0 Å². The molecule has 0 N–H and O–H groups in total. The van der Waals surface area contributed by atoms with E-state index in [2.05, 4.69) is 35.9 Å². The molecule has 1 aliphatic heterocycles. The molecule has 1 atom stereocenters. The Balaban J connectivity index is 2.29. The molecule has 1 unspecified atom stereocenters. The van der Waals surface area contributed by atoms with Crippen LogP contribution in [0.2, 0.25) is 0 Å². The maximum Gasteiger partial charge on any atom is 0.0549 e. The van der Waals surface area contributed by atoms with Crippen LogP contribution >= 0.6 is 23.1 Å². The fourth-order valence-electron chi connectivity index (χ4n) is 1.26. The molecular formula is C9H10S2. The van der Waals surface area contributed by atoms with Gasteiger partial charge in [-0.05, 0) is 30.2 Å². The molecule has 1 aromatic heterocycles. The summed E-state index contributed by atoms with van der Waals surface area (Å²) >= 11 is 3.79. The predicted molar refractivity (Wildman–Crippen MR) is 53.0 cm³/mol. The summed E-state index contributed by atoms with van der Waals surface area (Å²) in [6.07, 6.45) is 3.43. The molecule has 0 bridgehead atoms. The molecule has 58 valence electrons. The Hall–Kier alpha value is -0.210. The van der Waals surface area contributed by atoms with Crippen molar-refractivity contribution in [2.24, 2.45) is 0 Å². The van der Waals surface area contributed by atoms with E-state index in [0.29, 0.717) is 4.75 Å². The molecular weight excluding hydrogens is 172 g/mol. The smallest absolute Gasteiger partial charge is 0.0549 e. The van der Waals surface area contributed by atoms with Crippen LogP contribution in [0.25, 0.3) is 0 Å². The van der Waals surface area contributed by atoms with Gasteiger partial charge in [0.2, 0.25) is 0 Å². The average molecular weight is 182 g/mol. The highest BCUT2D eigenvalue weighted by molar-refractivity contribution is 8.03. The Bertz CT molecular complexity index is 251. The van der Waals surface area contributed by atoms with Crippen molar-refractivity contribution in [1.82, 2.24) is 0 Å². The summed E-state index contributed by atoms with van der Waals surface area (Å²) < 4.78 is 0.341. The molecule has 0 fully saturated rings. The molecule has 0 nitrogen and oxygen atoms in total. The van der Waals surface area contributed by atoms with Gasteiger partial charge in [-0.25, -0.2) is 0 Å². The van der Waals surface area contributed by atoms with Gasteiger partial charge in [-0.2, -0.15) is 0 Å². The van der Waals surface area contributed by atoms with Gasteiger partial charge in [-0.3, -0.25) is 0 Å². The standard InChI is InChI=1S/C9H10S2/c1-9(5-3-7-11-9)8-4-2-6-10-8/h2-4,6-7H,5H2,1H3. The highest BCUT2D eigenvalue weighted by Crippen LogP contribution is 2.46. The van der Waals surface area contributed by atoms with E-state index in [1.54, 1.807) is 0 Å². The Morgan fingerprint density at radius 1 is 1.55 bits per heavy atom. The molecule has 0 saturated heterocycles. The summed E-state index contributed by atoms with van der Waals surface area (Å²) in [5.41, 5.74) is 0. The molecule has 1 aromatic rings. The normalized spacial score (nSPS) is 29.5. The molecule has 1 aliphatic rings. The summed E-state index contributed by atoms with van der Waals surface area (Å²) in [7, 11) is 0. The first-order valence-electron chi connectivity index (χ1n) is 3.68. The van der Waals surface area contributed by atoms with E-state index < -0.39 is 0 Å². The molecule has 11 heavy (non-hydrogen) atoms. The summed E-state index contributed by atoms with van der Waals surface area (Å²) in [5, 5.41) is 4.36. The van der Waals surface area contributed by atoms with Gasteiger partial charge in [-0.15, -0.1) is 23.1 Å². The molecule has 0 spiro atoms. The second-order valence-corrected chi connectivity index (χ2v) is 5.26. The minimum absolute atomic E-state index is 0.341. The van der Waals surface area contributed by atoms with Crippen LogP contribution in [-0.4, -0.2) is 0 Å². The summed E-state index contributed by atoms with van der Waals surface area (Å²) in [6.45, 7) is 2.31. The third-order valence-electron chi connectivity index (χ3n) is 1.97. The molecule has 0 aliphatic carbocycles. The van der Waals surface area contributed by atoms with E-state index >= 15 is 0 Å². The van der Waals surface area contributed by atoms with E-state index in [-0.39, 0.29) is 0 Å². The van der Waals surface area contributed by atoms with Crippen LogP contribution in [0, 0.1) is 0 Å². The largest absolute Gasteiger partial charge is 0.147 e. The van der Waals surface area contributed by atoms with Crippen LogP contribution in [0.15, 0.2) is 29.0 Å². The van der Waals surface area contributed by atoms with Gasteiger partial charge in [0.15, 0.2) is 0 Å². The number of hydrogen-bond acceptors (Lipinski definition) is 2. The predicted octanol–water partition coefficient (Wildman–Crippen LogP) is 3.61. The molecule has 0 saturated carbocycles. The Kier molecular flexibility index (Phi) is 1.81. The molecule has 2 heterocycles. The maximum atomic E-state index is 2.31. The Labute approximate surface area is 75.3 Å². The van der Waals surface area contributed by atoms with Crippen molar-refractivity contribution in [3.05, 3.63) is 33.9 Å². The third-order valence-corrected chi connectivity index (χ3v) is 4.47. The monoisotopic (exact) mass is 182 g/mol. The van der Waals surface area contributed by atoms with Crippen LogP contribution in [0.3, 0.4) is 0 Å². The average Bonchev–Trinajstić information content (AvgIpc) is 2.55. The molecule has 0 radical (unpaired) electrons. The zero-order chi connectivity index (χ0) is 7.73. The van der Waals surface area contributed by atoms with E-state index in [1.165, 1.54) is 11.3 Å². The summed E-state index contributed by atoms with van der Waals surface area (Å²) in [4.78, 5) is 1.49. The summed E-state index contributed by atoms with van der Waals surface area (Å²) in [5.74, 6) is 0. The van der Waals surface area contributed by atoms with Crippen molar-refractivity contribution < 1.29 is 0 Å². The van der Waals surface area contributed by atoms with Crippen LogP contribution in [0.1, 0.15) is 18.2 Å². The second-order valence-electron chi connectivity index (χ2n) is 2.90. The van der Waals surface area contributed by atoms with Crippen molar-refractivity contribution in [3.63, 3.8) is 0 Å². The van der Waals surface area contributed by atoms with Gasteiger partial charge in [-0.1, -0.05) is 12.1 Å².